The standard InChI is InChI=1S/C30H30N6O4S/c1-33-18-28(38)35-25(13-20-7-10-23(37)11-8-20)29(39)34(16-22-9-12-24-26(14-22)41-19-32-24)17-27(35)36(33)30(40)31-15-21-5-3-2-4-6-21/h2-12,14,19,25,27,37H,13,15-18H2,1H3,(H,31,40)/t25-,27-/m0/s1. The van der Waals surface area contributed by atoms with Crippen molar-refractivity contribution in [2.75, 3.05) is 20.1 Å². The molecule has 2 N–H and O–H groups in total. The van der Waals surface area contributed by atoms with E-state index in [4.69, 9.17) is 0 Å². The maximum absolute atomic E-state index is 14.0. The van der Waals surface area contributed by atoms with E-state index < -0.39 is 12.2 Å². The lowest BCUT2D eigenvalue weighted by molar-refractivity contribution is -0.187. The molecule has 0 aliphatic carbocycles. The molecule has 10 nitrogen and oxygen atoms in total. The number of likely N-dealkylation sites (N-methyl/N-ethyl adjacent to an activating group) is 1. The minimum atomic E-state index is -0.809. The third-order valence-electron chi connectivity index (χ3n) is 7.57. The molecule has 2 fully saturated rings. The Morgan fingerprint density at radius 3 is 2.56 bits per heavy atom. The number of hydrazine groups is 1. The van der Waals surface area contributed by atoms with Gasteiger partial charge in [-0.15, -0.1) is 11.3 Å². The number of hydrogen-bond donors (Lipinski definition) is 2. The van der Waals surface area contributed by atoms with Gasteiger partial charge < -0.3 is 20.2 Å². The number of phenols is 1. The first-order valence-electron chi connectivity index (χ1n) is 13.4. The summed E-state index contributed by atoms with van der Waals surface area (Å²) in [6, 6.07) is 21.0. The van der Waals surface area contributed by atoms with Gasteiger partial charge in [-0.3, -0.25) is 9.59 Å². The molecule has 0 radical (unpaired) electrons. The monoisotopic (exact) mass is 570 g/mol. The normalized spacial score (nSPS) is 19.5. The third-order valence-corrected chi connectivity index (χ3v) is 8.36. The molecule has 11 heteroatoms. The van der Waals surface area contributed by atoms with Crippen LogP contribution in [-0.4, -0.2) is 80.1 Å². The van der Waals surface area contributed by atoms with Gasteiger partial charge in [-0.2, -0.15) is 0 Å². The molecule has 0 bridgehead atoms. The largest absolute Gasteiger partial charge is 0.508 e. The van der Waals surface area contributed by atoms with Gasteiger partial charge in [0.1, 0.15) is 18.0 Å². The Morgan fingerprint density at radius 1 is 1.02 bits per heavy atom. The fraction of sp³-hybridized carbons (Fsp3) is 0.267. The summed E-state index contributed by atoms with van der Waals surface area (Å²) in [6.07, 6.45) is -0.432. The van der Waals surface area contributed by atoms with E-state index in [0.717, 1.165) is 26.9 Å². The van der Waals surface area contributed by atoms with E-state index in [0.29, 0.717) is 13.1 Å². The van der Waals surface area contributed by atoms with Crippen LogP contribution in [0.4, 0.5) is 4.79 Å². The number of fused-ring (bicyclic) bond motifs is 2. The van der Waals surface area contributed by atoms with Gasteiger partial charge in [0.05, 0.1) is 28.8 Å². The van der Waals surface area contributed by atoms with E-state index in [-0.39, 0.29) is 43.1 Å². The number of nitrogens with zero attached hydrogens (tertiary/aromatic N) is 5. The molecule has 4 amide bonds. The van der Waals surface area contributed by atoms with Crippen molar-refractivity contribution in [2.45, 2.75) is 31.7 Å². The van der Waals surface area contributed by atoms with Crippen molar-refractivity contribution in [3.8, 4) is 5.75 Å². The van der Waals surface area contributed by atoms with Crippen molar-refractivity contribution in [1.82, 2.24) is 30.1 Å². The lowest BCUT2D eigenvalue weighted by Crippen LogP contribution is -2.76. The van der Waals surface area contributed by atoms with Gasteiger partial charge in [0, 0.05) is 26.6 Å². The topological polar surface area (TPSA) is 109 Å². The van der Waals surface area contributed by atoms with Gasteiger partial charge in [-0.1, -0.05) is 48.5 Å². The zero-order chi connectivity index (χ0) is 28.5. The first kappa shape index (κ1) is 26.7. The smallest absolute Gasteiger partial charge is 0.334 e. The summed E-state index contributed by atoms with van der Waals surface area (Å²) in [7, 11) is 1.71. The molecule has 2 aliphatic heterocycles. The summed E-state index contributed by atoms with van der Waals surface area (Å²) in [4.78, 5) is 48.8. The van der Waals surface area contributed by atoms with Gasteiger partial charge in [-0.25, -0.2) is 19.8 Å². The number of aromatic hydroxyl groups is 1. The van der Waals surface area contributed by atoms with Crippen LogP contribution in [-0.2, 0) is 29.1 Å². The Bertz CT molecular complexity index is 1580. The Morgan fingerprint density at radius 2 is 1.78 bits per heavy atom. The third kappa shape index (κ3) is 5.46. The quantitative estimate of drug-likeness (QED) is 0.369. The summed E-state index contributed by atoms with van der Waals surface area (Å²) >= 11 is 1.54. The van der Waals surface area contributed by atoms with Crippen LogP contribution in [0.1, 0.15) is 16.7 Å². The van der Waals surface area contributed by atoms with Crippen LogP contribution < -0.4 is 5.32 Å². The highest BCUT2D eigenvalue weighted by molar-refractivity contribution is 7.16. The van der Waals surface area contributed by atoms with Crippen molar-refractivity contribution in [3.63, 3.8) is 0 Å². The zero-order valence-electron chi connectivity index (χ0n) is 22.5. The maximum Gasteiger partial charge on any atom is 0.334 e. The predicted octanol–water partition coefficient (Wildman–Crippen LogP) is 3.18. The lowest BCUT2D eigenvalue weighted by Gasteiger charge is -2.54. The summed E-state index contributed by atoms with van der Waals surface area (Å²) in [5.41, 5.74) is 5.40. The summed E-state index contributed by atoms with van der Waals surface area (Å²) in [6.45, 7) is 0.802. The molecule has 4 aromatic rings. The molecule has 2 saturated heterocycles. The lowest BCUT2D eigenvalue weighted by atomic mass is 9.98. The number of nitrogens with one attached hydrogen (secondary N) is 1. The molecule has 210 valence electrons. The van der Waals surface area contributed by atoms with E-state index >= 15 is 0 Å². The summed E-state index contributed by atoms with van der Waals surface area (Å²) in [5, 5.41) is 15.9. The second kappa shape index (κ2) is 11.2. The number of aromatic nitrogens is 1. The molecule has 3 heterocycles. The number of hydrogen-bond acceptors (Lipinski definition) is 7. The number of amides is 4. The molecule has 1 aromatic heterocycles. The highest BCUT2D eigenvalue weighted by atomic mass is 32.1. The number of thiazole rings is 1. The van der Waals surface area contributed by atoms with E-state index in [9.17, 15) is 19.5 Å². The number of carbonyl (C=O) groups excluding carboxylic acids is 3. The molecular weight excluding hydrogens is 540 g/mol. The average molecular weight is 571 g/mol. The van der Waals surface area contributed by atoms with Crippen molar-refractivity contribution < 1.29 is 19.5 Å². The van der Waals surface area contributed by atoms with Crippen molar-refractivity contribution in [3.05, 3.63) is 95.0 Å². The summed E-state index contributed by atoms with van der Waals surface area (Å²) in [5.74, 6) is -0.271. The molecule has 41 heavy (non-hydrogen) atoms. The minimum Gasteiger partial charge on any atom is -0.508 e. The maximum atomic E-state index is 14.0. The van der Waals surface area contributed by atoms with E-state index in [1.165, 1.54) is 11.3 Å². The molecule has 2 atom stereocenters. The van der Waals surface area contributed by atoms with Crippen molar-refractivity contribution in [1.29, 1.82) is 0 Å². The van der Waals surface area contributed by atoms with E-state index in [2.05, 4.69) is 10.3 Å². The Kier molecular flexibility index (Phi) is 7.29. The molecule has 3 aromatic carbocycles. The average Bonchev–Trinajstić information content (AvgIpc) is 3.44. The predicted molar refractivity (Wildman–Crippen MR) is 154 cm³/mol. The fourth-order valence-electron chi connectivity index (χ4n) is 5.58. The van der Waals surface area contributed by atoms with Gasteiger partial charge in [0.25, 0.3) is 0 Å². The first-order valence-corrected chi connectivity index (χ1v) is 14.3. The Labute approximate surface area is 241 Å². The van der Waals surface area contributed by atoms with E-state index in [1.807, 2.05) is 48.5 Å². The Balaban J connectivity index is 1.32. The van der Waals surface area contributed by atoms with Gasteiger partial charge in [0.15, 0.2) is 0 Å². The first-order chi connectivity index (χ1) is 19.9. The second-order valence-corrected chi connectivity index (χ2v) is 11.2. The van der Waals surface area contributed by atoms with Crippen LogP contribution in [0.25, 0.3) is 10.2 Å². The van der Waals surface area contributed by atoms with Gasteiger partial charge in [-0.05, 0) is 41.0 Å². The van der Waals surface area contributed by atoms with Crippen molar-refractivity contribution in [2.24, 2.45) is 0 Å². The second-order valence-electron chi connectivity index (χ2n) is 10.3. The van der Waals surface area contributed by atoms with Crippen LogP contribution in [0, 0.1) is 0 Å². The fourth-order valence-corrected chi connectivity index (χ4v) is 6.32. The van der Waals surface area contributed by atoms with Crippen LogP contribution in [0.15, 0.2) is 78.3 Å². The summed E-state index contributed by atoms with van der Waals surface area (Å²) < 4.78 is 1.03. The van der Waals surface area contributed by atoms with Crippen LogP contribution in [0.3, 0.4) is 0 Å². The number of urea groups is 1. The van der Waals surface area contributed by atoms with Crippen LogP contribution >= 0.6 is 11.3 Å². The zero-order valence-corrected chi connectivity index (χ0v) is 23.3. The Hall–Kier alpha value is -4.48. The van der Waals surface area contributed by atoms with Crippen molar-refractivity contribution >= 4 is 39.4 Å². The number of phenolic OH excluding ortho intramolecular Hbond substituents is 1. The molecule has 0 saturated carbocycles. The van der Waals surface area contributed by atoms with Gasteiger partial charge in [0.2, 0.25) is 11.8 Å². The number of carbonyl (C=O) groups is 3. The molecule has 6 rings (SSSR count). The number of benzene rings is 3. The molecule has 0 spiro atoms. The SMILES string of the molecule is CN1CC(=O)N2[C@@H](Cc3ccc(O)cc3)C(=O)N(Cc3ccc4ncsc4c3)C[C@@H]2N1C(=O)NCc1ccccc1. The number of rotatable bonds is 6. The number of piperazine rings is 1. The van der Waals surface area contributed by atoms with Crippen LogP contribution in [0.5, 0.6) is 5.75 Å². The highest BCUT2D eigenvalue weighted by Gasteiger charge is 2.50. The van der Waals surface area contributed by atoms with Gasteiger partial charge >= 0.3 is 6.03 Å². The minimum absolute atomic E-state index is 0.0311. The highest BCUT2D eigenvalue weighted by Crippen LogP contribution is 2.30. The van der Waals surface area contributed by atoms with Crippen LogP contribution in [0.2, 0.25) is 0 Å². The van der Waals surface area contributed by atoms with E-state index in [1.54, 1.807) is 56.6 Å². The molecule has 0 unspecified atom stereocenters. The molecular formula is C30H30N6O4S. The molecule has 2 aliphatic rings.